The van der Waals surface area contributed by atoms with E-state index in [1.807, 2.05) is 19.2 Å². The average molecular weight is 194 g/mol. The molecule has 2 nitrogen and oxygen atoms in total. The summed E-state index contributed by atoms with van der Waals surface area (Å²) in [6, 6.07) is 1.79. The fraction of sp³-hybridized carbons (Fsp3) is 0.364. The maximum atomic E-state index is 12.8. The second-order valence-electron chi connectivity index (χ2n) is 3.17. The van der Waals surface area contributed by atoms with Gasteiger partial charge in [0.15, 0.2) is 0 Å². The van der Waals surface area contributed by atoms with Gasteiger partial charge in [0.1, 0.15) is 0 Å². The van der Waals surface area contributed by atoms with Gasteiger partial charge in [-0.15, -0.1) is 0 Å². The van der Waals surface area contributed by atoms with Crippen molar-refractivity contribution in [1.29, 1.82) is 0 Å². The zero-order chi connectivity index (χ0) is 10.4. The minimum Gasteiger partial charge on any atom is -0.319 e. The first-order valence-corrected chi connectivity index (χ1v) is 4.67. The molecule has 0 saturated carbocycles. The molecule has 0 amide bonds. The van der Waals surface area contributed by atoms with Crippen molar-refractivity contribution in [2.75, 3.05) is 13.6 Å². The first-order valence-electron chi connectivity index (χ1n) is 4.67. The lowest BCUT2D eigenvalue weighted by atomic mass is 10.2. The van der Waals surface area contributed by atoms with E-state index >= 15 is 0 Å². The SMILES string of the molecule is CNCCC=Cc1cnc(F)c(C)c1. The van der Waals surface area contributed by atoms with E-state index in [1.54, 1.807) is 13.0 Å². The normalized spacial score (nSPS) is 11.1. The van der Waals surface area contributed by atoms with Gasteiger partial charge in [-0.2, -0.15) is 4.39 Å². The molecule has 76 valence electrons. The Morgan fingerprint density at radius 1 is 1.57 bits per heavy atom. The van der Waals surface area contributed by atoms with E-state index in [0.29, 0.717) is 5.56 Å². The van der Waals surface area contributed by atoms with E-state index in [1.165, 1.54) is 6.20 Å². The lowest BCUT2D eigenvalue weighted by Gasteiger charge is -1.97. The van der Waals surface area contributed by atoms with Gasteiger partial charge in [0.2, 0.25) is 5.95 Å². The predicted octanol–water partition coefficient (Wildman–Crippen LogP) is 2.15. The maximum absolute atomic E-state index is 12.8. The largest absolute Gasteiger partial charge is 0.319 e. The summed E-state index contributed by atoms with van der Waals surface area (Å²) in [6.45, 7) is 2.66. The molecule has 0 fully saturated rings. The Labute approximate surface area is 83.9 Å². The van der Waals surface area contributed by atoms with Crippen LogP contribution in [0.2, 0.25) is 0 Å². The number of hydrogen-bond donors (Lipinski definition) is 1. The fourth-order valence-electron chi connectivity index (χ4n) is 1.12. The van der Waals surface area contributed by atoms with Crippen LogP contribution in [0, 0.1) is 12.9 Å². The molecular formula is C11H15FN2. The van der Waals surface area contributed by atoms with Crippen LogP contribution in [0.15, 0.2) is 18.3 Å². The van der Waals surface area contributed by atoms with E-state index in [9.17, 15) is 4.39 Å². The lowest BCUT2D eigenvalue weighted by Crippen LogP contribution is -2.05. The summed E-state index contributed by atoms with van der Waals surface area (Å²) in [4.78, 5) is 3.64. The Kier molecular flexibility index (Phi) is 4.26. The molecule has 1 aromatic rings. The highest BCUT2D eigenvalue weighted by Gasteiger charge is 1.96. The van der Waals surface area contributed by atoms with Gasteiger partial charge in [-0.25, -0.2) is 4.98 Å². The molecule has 1 rings (SSSR count). The highest BCUT2D eigenvalue weighted by Crippen LogP contribution is 2.07. The molecule has 0 aliphatic rings. The van der Waals surface area contributed by atoms with Crippen LogP contribution in [0.1, 0.15) is 17.5 Å². The highest BCUT2D eigenvalue weighted by atomic mass is 19.1. The van der Waals surface area contributed by atoms with E-state index in [0.717, 1.165) is 18.5 Å². The summed E-state index contributed by atoms with van der Waals surface area (Å²) in [5.41, 5.74) is 1.53. The van der Waals surface area contributed by atoms with Crippen LogP contribution >= 0.6 is 0 Å². The standard InChI is InChI=1S/C11H15FN2/c1-9-7-10(8-14-11(9)12)5-3-4-6-13-2/h3,5,7-8,13H,4,6H2,1-2H3. The van der Waals surface area contributed by atoms with Gasteiger partial charge < -0.3 is 5.32 Å². The Hall–Kier alpha value is -1.22. The molecule has 0 aromatic carbocycles. The molecule has 0 aliphatic heterocycles. The molecule has 1 heterocycles. The van der Waals surface area contributed by atoms with Crippen LogP contribution in [-0.4, -0.2) is 18.6 Å². The maximum Gasteiger partial charge on any atom is 0.215 e. The number of halogens is 1. The van der Waals surface area contributed by atoms with Gasteiger partial charge in [-0.1, -0.05) is 12.2 Å². The predicted molar refractivity (Wildman–Crippen MR) is 56.5 cm³/mol. The molecule has 0 spiro atoms. The number of rotatable bonds is 4. The van der Waals surface area contributed by atoms with Crippen LogP contribution in [0.5, 0.6) is 0 Å². The van der Waals surface area contributed by atoms with Crippen LogP contribution < -0.4 is 5.32 Å². The van der Waals surface area contributed by atoms with Crippen LogP contribution in [-0.2, 0) is 0 Å². The van der Waals surface area contributed by atoms with Crippen molar-refractivity contribution >= 4 is 6.08 Å². The number of nitrogens with one attached hydrogen (secondary N) is 1. The number of nitrogens with zero attached hydrogens (tertiary/aromatic N) is 1. The van der Waals surface area contributed by atoms with Crippen molar-refractivity contribution < 1.29 is 4.39 Å². The summed E-state index contributed by atoms with van der Waals surface area (Å²) in [7, 11) is 1.91. The van der Waals surface area contributed by atoms with Crippen molar-refractivity contribution in [3.8, 4) is 0 Å². The monoisotopic (exact) mass is 194 g/mol. The number of pyridine rings is 1. The Bertz CT molecular complexity index is 321. The Morgan fingerprint density at radius 2 is 2.36 bits per heavy atom. The van der Waals surface area contributed by atoms with Gasteiger partial charge in [-0.3, -0.25) is 0 Å². The average Bonchev–Trinajstić information content (AvgIpc) is 2.18. The Balaban J connectivity index is 2.59. The van der Waals surface area contributed by atoms with Gasteiger partial charge in [0.25, 0.3) is 0 Å². The summed E-state index contributed by atoms with van der Waals surface area (Å²) >= 11 is 0. The molecule has 0 radical (unpaired) electrons. The lowest BCUT2D eigenvalue weighted by molar-refractivity contribution is 0.574. The Morgan fingerprint density at radius 3 is 3.00 bits per heavy atom. The van der Waals surface area contributed by atoms with Crippen molar-refractivity contribution in [2.24, 2.45) is 0 Å². The van der Waals surface area contributed by atoms with Crippen molar-refractivity contribution in [1.82, 2.24) is 10.3 Å². The first kappa shape index (κ1) is 10.9. The van der Waals surface area contributed by atoms with E-state index in [4.69, 9.17) is 0 Å². The number of hydrogen-bond acceptors (Lipinski definition) is 2. The molecule has 0 atom stereocenters. The molecule has 0 saturated heterocycles. The van der Waals surface area contributed by atoms with Gasteiger partial charge >= 0.3 is 0 Å². The van der Waals surface area contributed by atoms with Crippen molar-refractivity contribution in [3.05, 3.63) is 35.4 Å². The number of aryl methyl sites for hydroxylation is 1. The second kappa shape index (κ2) is 5.50. The molecule has 1 aromatic heterocycles. The van der Waals surface area contributed by atoms with Gasteiger partial charge in [0, 0.05) is 11.8 Å². The smallest absolute Gasteiger partial charge is 0.215 e. The summed E-state index contributed by atoms with van der Waals surface area (Å²) in [5.74, 6) is -0.391. The van der Waals surface area contributed by atoms with Crippen LogP contribution in [0.25, 0.3) is 6.08 Å². The van der Waals surface area contributed by atoms with Crippen LogP contribution in [0.4, 0.5) is 4.39 Å². The molecule has 0 unspecified atom stereocenters. The molecule has 0 bridgehead atoms. The molecule has 14 heavy (non-hydrogen) atoms. The summed E-state index contributed by atoms with van der Waals surface area (Å²) in [5, 5.41) is 3.05. The zero-order valence-corrected chi connectivity index (χ0v) is 8.55. The topological polar surface area (TPSA) is 24.9 Å². The minimum absolute atomic E-state index is 0.391. The molecule has 3 heteroatoms. The minimum atomic E-state index is -0.391. The fourth-order valence-corrected chi connectivity index (χ4v) is 1.12. The third kappa shape index (κ3) is 3.26. The van der Waals surface area contributed by atoms with Gasteiger partial charge in [0.05, 0.1) is 0 Å². The summed E-state index contributed by atoms with van der Waals surface area (Å²) < 4.78 is 12.8. The molecular weight excluding hydrogens is 179 g/mol. The van der Waals surface area contributed by atoms with E-state index in [-0.39, 0.29) is 0 Å². The third-order valence-electron chi connectivity index (χ3n) is 1.91. The number of aromatic nitrogens is 1. The zero-order valence-electron chi connectivity index (χ0n) is 8.55. The van der Waals surface area contributed by atoms with Crippen molar-refractivity contribution in [3.63, 3.8) is 0 Å². The molecule has 0 aliphatic carbocycles. The third-order valence-corrected chi connectivity index (χ3v) is 1.91. The van der Waals surface area contributed by atoms with E-state index in [2.05, 4.69) is 10.3 Å². The first-order chi connectivity index (χ1) is 6.74. The van der Waals surface area contributed by atoms with Crippen LogP contribution in [0.3, 0.4) is 0 Å². The second-order valence-corrected chi connectivity index (χ2v) is 3.17. The van der Waals surface area contributed by atoms with E-state index < -0.39 is 5.95 Å². The summed E-state index contributed by atoms with van der Waals surface area (Å²) in [6.07, 6.45) is 6.51. The molecule has 1 N–H and O–H groups in total. The highest BCUT2D eigenvalue weighted by molar-refractivity contribution is 5.48. The quantitative estimate of drug-likeness (QED) is 0.587. The van der Waals surface area contributed by atoms with Crippen molar-refractivity contribution in [2.45, 2.75) is 13.3 Å². The van der Waals surface area contributed by atoms with Gasteiger partial charge in [-0.05, 0) is 38.6 Å².